The number of hydrogen-bond donors (Lipinski definition) is 0. The van der Waals surface area contributed by atoms with E-state index in [2.05, 4.69) is 24.0 Å². The van der Waals surface area contributed by atoms with E-state index in [9.17, 15) is 4.39 Å². The molecule has 3 rings (SSSR count). The molecule has 1 atom stereocenters. The zero-order valence-corrected chi connectivity index (χ0v) is 13.0. The lowest BCUT2D eigenvalue weighted by molar-refractivity contribution is 0.0538. The van der Waals surface area contributed by atoms with E-state index in [1.165, 1.54) is 6.07 Å². The molecule has 0 saturated carbocycles. The molecular weight excluding hydrogens is 283 g/mol. The molecule has 0 radical (unpaired) electrons. The summed E-state index contributed by atoms with van der Waals surface area (Å²) in [6, 6.07) is 6.68. The van der Waals surface area contributed by atoms with Gasteiger partial charge in [-0.2, -0.15) is 0 Å². The molecule has 22 heavy (non-hydrogen) atoms. The monoisotopic (exact) mass is 304 g/mol. The van der Waals surface area contributed by atoms with Gasteiger partial charge in [0, 0.05) is 19.1 Å². The number of halogens is 1. The Labute approximate surface area is 129 Å². The summed E-state index contributed by atoms with van der Waals surface area (Å²) in [5.41, 5.74) is 0.439. The topological polar surface area (TPSA) is 48.2 Å². The van der Waals surface area contributed by atoms with Crippen LogP contribution in [0.4, 0.5) is 4.39 Å². The Morgan fingerprint density at radius 1 is 1.27 bits per heavy atom. The fourth-order valence-electron chi connectivity index (χ4n) is 2.93. The average Bonchev–Trinajstić information content (AvgIpc) is 3.05. The van der Waals surface area contributed by atoms with Crippen molar-refractivity contribution in [3.63, 3.8) is 0 Å². The second-order valence-corrected chi connectivity index (χ2v) is 5.96. The predicted molar refractivity (Wildman–Crippen MR) is 80.2 cm³/mol. The van der Waals surface area contributed by atoms with Gasteiger partial charge in [0.1, 0.15) is 5.82 Å². The van der Waals surface area contributed by atoms with Crippen LogP contribution in [0, 0.1) is 5.82 Å². The lowest BCUT2D eigenvalue weighted by Gasteiger charge is -2.34. The number of hydrogen-bond acceptors (Lipinski definition) is 4. The Hall–Kier alpha value is -1.75. The summed E-state index contributed by atoms with van der Waals surface area (Å²) >= 11 is 0. The molecule has 1 aromatic carbocycles. The first-order valence-corrected chi connectivity index (χ1v) is 7.83. The summed E-state index contributed by atoms with van der Waals surface area (Å²) in [4.78, 5) is 0. The largest absolute Gasteiger partial charge is 0.424 e. The van der Waals surface area contributed by atoms with Crippen LogP contribution >= 0.6 is 0 Å². The minimum absolute atomic E-state index is 0.227. The Morgan fingerprint density at radius 3 is 2.73 bits per heavy atom. The zero-order chi connectivity index (χ0) is 15.6. The lowest BCUT2D eigenvalue weighted by atomic mass is 9.74. The first-order chi connectivity index (χ1) is 10.7. The van der Waals surface area contributed by atoms with Gasteiger partial charge in [0.15, 0.2) is 0 Å². The summed E-state index contributed by atoms with van der Waals surface area (Å²) in [5, 5.41) is 8.50. The van der Waals surface area contributed by atoms with Crippen molar-refractivity contribution in [1.29, 1.82) is 0 Å². The number of rotatable bonds is 4. The Kier molecular flexibility index (Phi) is 4.25. The molecule has 1 aromatic heterocycles. The van der Waals surface area contributed by atoms with Gasteiger partial charge in [-0.05, 0) is 37.0 Å². The van der Waals surface area contributed by atoms with Gasteiger partial charge >= 0.3 is 0 Å². The summed E-state index contributed by atoms with van der Waals surface area (Å²) in [5.74, 6) is 1.21. The van der Waals surface area contributed by atoms with E-state index in [0.717, 1.165) is 24.8 Å². The molecule has 2 heterocycles. The van der Waals surface area contributed by atoms with Gasteiger partial charge in [-0.25, -0.2) is 4.39 Å². The number of ether oxygens (including phenoxy) is 1. The maximum Gasteiger partial charge on any atom is 0.227 e. The van der Waals surface area contributed by atoms with E-state index in [-0.39, 0.29) is 11.7 Å². The van der Waals surface area contributed by atoms with Crippen molar-refractivity contribution >= 4 is 0 Å². The van der Waals surface area contributed by atoms with Crippen molar-refractivity contribution in [1.82, 2.24) is 10.2 Å². The number of benzene rings is 1. The van der Waals surface area contributed by atoms with E-state index < -0.39 is 5.41 Å². The van der Waals surface area contributed by atoms with Crippen LogP contribution in [0.5, 0.6) is 0 Å². The minimum Gasteiger partial charge on any atom is -0.424 e. The highest BCUT2D eigenvalue weighted by molar-refractivity contribution is 5.33. The van der Waals surface area contributed by atoms with Crippen molar-refractivity contribution in [3.05, 3.63) is 47.4 Å². The second kappa shape index (κ2) is 6.16. The van der Waals surface area contributed by atoms with Gasteiger partial charge in [-0.1, -0.05) is 26.0 Å². The van der Waals surface area contributed by atoms with Crippen molar-refractivity contribution in [3.8, 4) is 0 Å². The van der Waals surface area contributed by atoms with Gasteiger partial charge in [0.05, 0.1) is 5.41 Å². The summed E-state index contributed by atoms with van der Waals surface area (Å²) in [6.45, 7) is 5.37. The van der Waals surface area contributed by atoms with Crippen LogP contribution < -0.4 is 0 Å². The molecule has 1 unspecified atom stereocenters. The highest BCUT2D eigenvalue weighted by Gasteiger charge is 2.41. The molecule has 1 fully saturated rings. The maximum absolute atomic E-state index is 13.7. The van der Waals surface area contributed by atoms with Crippen LogP contribution in [0.25, 0.3) is 0 Å². The molecule has 0 bridgehead atoms. The fourth-order valence-corrected chi connectivity index (χ4v) is 2.93. The maximum atomic E-state index is 13.7. The summed E-state index contributed by atoms with van der Waals surface area (Å²) in [7, 11) is 0. The molecular formula is C17H21FN2O2. The van der Waals surface area contributed by atoms with E-state index in [1.807, 2.05) is 6.07 Å². The van der Waals surface area contributed by atoms with Crippen LogP contribution in [-0.4, -0.2) is 23.4 Å². The third-order valence-corrected chi connectivity index (χ3v) is 4.61. The van der Waals surface area contributed by atoms with Gasteiger partial charge in [-0.3, -0.25) is 0 Å². The van der Waals surface area contributed by atoms with Gasteiger partial charge in [-0.15, -0.1) is 10.2 Å². The van der Waals surface area contributed by atoms with E-state index in [1.54, 1.807) is 12.1 Å². The molecule has 0 N–H and O–H groups in total. The van der Waals surface area contributed by atoms with E-state index in [0.29, 0.717) is 25.0 Å². The summed E-state index contributed by atoms with van der Waals surface area (Å²) in [6.07, 6.45) is 2.38. The van der Waals surface area contributed by atoms with Crippen molar-refractivity contribution < 1.29 is 13.5 Å². The SMILES string of the molecule is CCC(C)c1nnc(C2(c3cccc(F)c3)CCOCC2)o1. The van der Waals surface area contributed by atoms with Crippen molar-refractivity contribution in [2.45, 2.75) is 44.4 Å². The van der Waals surface area contributed by atoms with Gasteiger partial charge in [0.2, 0.25) is 11.8 Å². The number of nitrogens with zero attached hydrogens (tertiary/aromatic N) is 2. The molecule has 1 aliphatic rings. The second-order valence-electron chi connectivity index (χ2n) is 5.96. The molecule has 1 aliphatic heterocycles. The third-order valence-electron chi connectivity index (χ3n) is 4.61. The summed E-state index contributed by atoms with van der Waals surface area (Å²) < 4.78 is 25.2. The molecule has 0 aliphatic carbocycles. The van der Waals surface area contributed by atoms with Crippen LogP contribution in [0.2, 0.25) is 0 Å². The van der Waals surface area contributed by atoms with Crippen molar-refractivity contribution in [2.24, 2.45) is 0 Å². The molecule has 5 heteroatoms. The van der Waals surface area contributed by atoms with Crippen molar-refractivity contribution in [2.75, 3.05) is 13.2 Å². The Bertz CT molecular complexity index is 635. The minimum atomic E-state index is -0.445. The smallest absolute Gasteiger partial charge is 0.227 e. The predicted octanol–water partition coefficient (Wildman–Crippen LogP) is 3.82. The third kappa shape index (κ3) is 2.65. The molecule has 4 nitrogen and oxygen atoms in total. The van der Waals surface area contributed by atoms with Crippen LogP contribution in [0.1, 0.15) is 56.4 Å². The average molecular weight is 304 g/mol. The highest BCUT2D eigenvalue weighted by Crippen LogP contribution is 2.41. The molecule has 118 valence electrons. The fraction of sp³-hybridized carbons (Fsp3) is 0.529. The molecule has 0 spiro atoms. The molecule has 2 aromatic rings. The van der Waals surface area contributed by atoms with Gasteiger partial charge in [0.25, 0.3) is 0 Å². The Morgan fingerprint density at radius 2 is 2.05 bits per heavy atom. The molecule has 1 saturated heterocycles. The van der Waals surface area contributed by atoms with Gasteiger partial charge < -0.3 is 9.15 Å². The normalized spacial score (nSPS) is 19.0. The van der Waals surface area contributed by atoms with E-state index in [4.69, 9.17) is 9.15 Å². The van der Waals surface area contributed by atoms with Crippen LogP contribution in [0.3, 0.4) is 0 Å². The lowest BCUT2D eigenvalue weighted by Crippen LogP contribution is -2.35. The standard InChI is InChI=1S/C17H21FN2O2/c1-3-12(2)15-19-20-16(22-15)17(7-9-21-10-8-17)13-5-4-6-14(18)11-13/h4-6,11-12H,3,7-10H2,1-2H3. The Balaban J connectivity index is 2.04. The van der Waals surface area contributed by atoms with E-state index >= 15 is 0 Å². The van der Waals surface area contributed by atoms with Crippen LogP contribution in [0.15, 0.2) is 28.7 Å². The first kappa shape index (κ1) is 15.2. The van der Waals surface area contributed by atoms with Crippen LogP contribution in [-0.2, 0) is 10.2 Å². The number of aromatic nitrogens is 2. The first-order valence-electron chi connectivity index (χ1n) is 7.83. The highest BCUT2D eigenvalue weighted by atomic mass is 19.1. The zero-order valence-electron chi connectivity index (χ0n) is 13.0. The quantitative estimate of drug-likeness (QED) is 0.861. The molecule has 0 amide bonds.